The molecule has 1 N–H and O–H groups in total. The third kappa shape index (κ3) is 4.11. The first-order chi connectivity index (χ1) is 8.75. The molecule has 1 saturated carbocycles. The van der Waals surface area contributed by atoms with Gasteiger partial charge in [0.25, 0.3) is 0 Å². The standard InChI is InChI=1S/C16H26N2/c1-14(12-17-16-10-6-7-11-16)18(2)13-15-8-4-3-5-9-15/h3-5,8-9,14,16-17H,6-7,10-13H2,1-2H3. The predicted octanol–water partition coefficient (Wildman–Crippen LogP) is 3.04. The van der Waals surface area contributed by atoms with Crippen molar-refractivity contribution in [3.63, 3.8) is 0 Å². The van der Waals surface area contributed by atoms with Gasteiger partial charge in [-0.25, -0.2) is 0 Å². The highest BCUT2D eigenvalue weighted by Crippen LogP contribution is 2.17. The average Bonchev–Trinajstić information content (AvgIpc) is 2.90. The molecule has 1 aromatic rings. The smallest absolute Gasteiger partial charge is 0.0234 e. The average molecular weight is 246 g/mol. The fourth-order valence-corrected chi connectivity index (χ4v) is 2.65. The highest BCUT2D eigenvalue weighted by molar-refractivity contribution is 5.14. The van der Waals surface area contributed by atoms with E-state index in [1.807, 2.05) is 0 Å². The molecule has 100 valence electrons. The number of nitrogens with zero attached hydrogens (tertiary/aromatic N) is 1. The third-order valence-corrected chi connectivity index (χ3v) is 4.08. The van der Waals surface area contributed by atoms with Crippen LogP contribution in [0.5, 0.6) is 0 Å². The van der Waals surface area contributed by atoms with Gasteiger partial charge < -0.3 is 5.32 Å². The Morgan fingerprint density at radius 2 is 1.89 bits per heavy atom. The van der Waals surface area contributed by atoms with Gasteiger partial charge in [-0.05, 0) is 32.4 Å². The Morgan fingerprint density at radius 3 is 2.56 bits per heavy atom. The molecule has 0 bridgehead atoms. The van der Waals surface area contributed by atoms with Crippen LogP contribution in [0.3, 0.4) is 0 Å². The molecular weight excluding hydrogens is 220 g/mol. The first kappa shape index (κ1) is 13.6. The zero-order valence-electron chi connectivity index (χ0n) is 11.7. The van der Waals surface area contributed by atoms with E-state index in [-0.39, 0.29) is 0 Å². The van der Waals surface area contributed by atoms with E-state index in [2.05, 4.69) is 54.5 Å². The molecule has 1 unspecified atom stereocenters. The Balaban J connectivity index is 1.72. The quantitative estimate of drug-likeness (QED) is 0.830. The first-order valence-corrected chi connectivity index (χ1v) is 7.23. The molecule has 1 aliphatic rings. The van der Waals surface area contributed by atoms with Crippen molar-refractivity contribution < 1.29 is 0 Å². The Bertz CT molecular complexity index is 330. The molecule has 2 nitrogen and oxygen atoms in total. The summed E-state index contributed by atoms with van der Waals surface area (Å²) < 4.78 is 0. The number of benzene rings is 1. The Labute approximate surface area is 111 Å². The number of hydrogen-bond acceptors (Lipinski definition) is 2. The topological polar surface area (TPSA) is 15.3 Å². The molecule has 2 rings (SSSR count). The molecule has 1 aliphatic carbocycles. The van der Waals surface area contributed by atoms with E-state index in [1.165, 1.54) is 31.2 Å². The highest BCUT2D eigenvalue weighted by Gasteiger charge is 2.16. The summed E-state index contributed by atoms with van der Waals surface area (Å²) in [6.07, 6.45) is 5.56. The monoisotopic (exact) mass is 246 g/mol. The van der Waals surface area contributed by atoms with Gasteiger partial charge in [0.15, 0.2) is 0 Å². The van der Waals surface area contributed by atoms with Crippen molar-refractivity contribution in [2.45, 2.75) is 51.2 Å². The number of nitrogens with one attached hydrogen (secondary N) is 1. The van der Waals surface area contributed by atoms with Crippen LogP contribution in [0.4, 0.5) is 0 Å². The third-order valence-electron chi connectivity index (χ3n) is 4.08. The summed E-state index contributed by atoms with van der Waals surface area (Å²) in [5, 5.41) is 3.71. The van der Waals surface area contributed by atoms with Crippen molar-refractivity contribution in [1.29, 1.82) is 0 Å². The van der Waals surface area contributed by atoms with Crippen LogP contribution >= 0.6 is 0 Å². The SMILES string of the molecule is CC(CNC1CCCC1)N(C)Cc1ccccc1. The Hall–Kier alpha value is -0.860. The lowest BCUT2D eigenvalue weighted by atomic mass is 10.2. The predicted molar refractivity (Wildman–Crippen MR) is 77.6 cm³/mol. The second-order valence-corrected chi connectivity index (χ2v) is 5.64. The van der Waals surface area contributed by atoms with Crippen molar-refractivity contribution in [1.82, 2.24) is 10.2 Å². The zero-order valence-corrected chi connectivity index (χ0v) is 11.7. The number of hydrogen-bond donors (Lipinski definition) is 1. The summed E-state index contributed by atoms with van der Waals surface area (Å²) in [4.78, 5) is 2.43. The summed E-state index contributed by atoms with van der Waals surface area (Å²) in [5.74, 6) is 0. The minimum absolute atomic E-state index is 0.589. The molecule has 1 atom stereocenters. The molecule has 0 saturated heterocycles. The fraction of sp³-hybridized carbons (Fsp3) is 0.625. The normalized spacial score (nSPS) is 18.4. The molecule has 0 radical (unpaired) electrons. The molecule has 0 aliphatic heterocycles. The summed E-state index contributed by atoms with van der Waals surface area (Å²) >= 11 is 0. The number of rotatable bonds is 6. The van der Waals surface area contributed by atoms with Crippen LogP contribution in [-0.2, 0) is 6.54 Å². The maximum atomic E-state index is 3.71. The maximum Gasteiger partial charge on any atom is 0.0234 e. The second-order valence-electron chi connectivity index (χ2n) is 5.64. The van der Waals surface area contributed by atoms with Crippen LogP contribution in [-0.4, -0.2) is 30.6 Å². The van der Waals surface area contributed by atoms with Crippen LogP contribution in [0.1, 0.15) is 38.2 Å². The van der Waals surface area contributed by atoms with Crippen molar-refractivity contribution in [2.75, 3.05) is 13.6 Å². The highest BCUT2D eigenvalue weighted by atomic mass is 15.1. The summed E-state index contributed by atoms with van der Waals surface area (Å²) in [5.41, 5.74) is 1.40. The van der Waals surface area contributed by atoms with Gasteiger partial charge >= 0.3 is 0 Å². The molecule has 18 heavy (non-hydrogen) atoms. The molecule has 0 heterocycles. The molecule has 1 aromatic carbocycles. The minimum Gasteiger partial charge on any atom is -0.312 e. The van der Waals surface area contributed by atoms with Gasteiger partial charge in [-0.1, -0.05) is 43.2 Å². The van der Waals surface area contributed by atoms with Gasteiger partial charge in [-0.15, -0.1) is 0 Å². The largest absolute Gasteiger partial charge is 0.312 e. The molecule has 1 fully saturated rings. The van der Waals surface area contributed by atoms with Gasteiger partial charge in [-0.2, -0.15) is 0 Å². The van der Waals surface area contributed by atoms with Gasteiger partial charge in [0.1, 0.15) is 0 Å². The summed E-state index contributed by atoms with van der Waals surface area (Å²) in [6, 6.07) is 12.1. The van der Waals surface area contributed by atoms with E-state index in [0.29, 0.717) is 6.04 Å². The maximum absolute atomic E-state index is 3.71. The lowest BCUT2D eigenvalue weighted by Crippen LogP contribution is -2.40. The van der Waals surface area contributed by atoms with Crippen LogP contribution in [0.2, 0.25) is 0 Å². The molecular formula is C16H26N2. The molecule has 0 aromatic heterocycles. The van der Waals surface area contributed by atoms with Crippen LogP contribution in [0.15, 0.2) is 30.3 Å². The van der Waals surface area contributed by atoms with E-state index in [9.17, 15) is 0 Å². The van der Waals surface area contributed by atoms with E-state index < -0.39 is 0 Å². The van der Waals surface area contributed by atoms with Gasteiger partial charge in [0, 0.05) is 25.2 Å². The lowest BCUT2D eigenvalue weighted by molar-refractivity contribution is 0.237. The van der Waals surface area contributed by atoms with Gasteiger partial charge in [0.05, 0.1) is 0 Å². The second kappa shape index (κ2) is 6.91. The van der Waals surface area contributed by atoms with E-state index in [4.69, 9.17) is 0 Å². The van der Waals surface area contributed by atoms with Gasteiger partial charge in [0.2, 0.25) is 0 Å². The first-order valence-electron chi connectivity index (χ1n) is 7.23. The summed E-state index contributed by atoms with van der Waals surface area (Å²) in [7, 11) is 2.22. The van der Waals surface area contributed by atoms with Crippen LogP contribution in [0, 0.1) is 0 Å². The Morgan fingerprint density at radius 1 is 1.22 bits per heavy atom. The van der Waals surface area contributed by atoms with Crippen LogP contribution in [0.25, 0.3) is 0 Å². The fourth-order valence-electron chi connectivity index (χ4n) is 2.65. The minimum atomic E-state index is 0.589. The molecule has 0 amide bonds. The van der Waals surface area contributed by atoms with Crippen molar-refractivity contribution in [3.8, 4) is 0 Å². The molecule has 2 heteroatoms. The van der Waals surface area contributed by atoms with Crippen molar-refractivity contribution in [2.24, 2.45) is 0 Å². The van der Waals surface area contributed by atoms with Gasteiger partial charge in [-0.3, -0.25) is 4.90 Å². The van der Waals surface area contributed by atoms with Crippen molar-refractivity contribution >= 4 is 0 Å². The van der Waals surface area contributed by atoms with E-state index in [0.717, 1.165) is 19.1 Å². The van der Waals surface area contributed by atoms with E-state index in [1.54, 1.807) is 0 Å². The number of likely N-dealkylation sites (N-methyl/N-ethyl adjacent to an activating group) is 1. The van der Waals surface area contributed by atoms with Crippen molar-refractivity contribution in [3.05, 3.63) is 35.9 Å². The van der Waals surface area contributed by atoms with Crippen LogP contribution < -0.4 is 5.32 Å². The Kier molecular flexibility index (Phi) is 5.21. The van der Waals surface area contributed by atoms with E-state index >= 15 is 0 Å². The zero-order chi connectivity index (χ0) is 12.8. The molecule has 0 spiro atoms. The lowest BCUT2D eigenvalue weighted by Gasteiger charge is -2.26. The summed E-state index contributed by atoms with van der Waals surface area (Å²) in [6.45, 7) is 4.45.